The highest BCUT2D eigenvalue weighted by molar-refractivity contribution is 8.00. The molecule has 214 valence electrons. The van der Waals surface area contributed by atoms with Crippen molar-refractivity contribution in [3.63, 3.8) is 0 Å². The molecule has 0 radical (unpaired) electrons. The first-order chi connectivity index (χ1) is 20.2. The molecule has 0 saturated carbocycles. The molecule has 42 heavy (non-hydrogen) atoms. The van der Waals surface area contributed by atoms with E-state index in [1.165, 1.54) is 24.9 Å². The predicted octanol–water partition coefficient (Wildman–Crippen LogP) is 7.80. The summed E-state index contributed by atoms with van der Waals surface area (Å²) in [6.45, 7) is 0. The summed E-state index contributed by atoms with van der Waals surface area (Å²) < 4.78 is 5.27. The zero-order valence-electron chi connectivity index (χ0n) is 22.1. The Kier molecular flexibility index (Phi) is 10.9. The maximum atomic E-state index is 13.4. The Balaban J connectivity index is 1.47. The number of nitrogens with one attached hydrogen (secondary N) is 3. The molecule has 0 aliphatic carbocycles. The minimum absolute atomic E-state index is 0.0269. The standard InChI is InChI=1S/C31H24Cl3N3O4S/c1-41-28-13-12-22(33)16-26(28)36-29(38)18-42-24-9-5-8-23(17-24)35-31(40)27(14-20-10-11-21(32)15-25(20)34)37-30(39)19-6-3-2-4-7-19/h2-17H,18H2,1H3,(H,35,40)(H,36,38)(H,37,39)/b27-14+. The molecule has 0 heterocycles. The first kappa shape index (κ1) is 31.0. The van der Waals surface area contributed by atoms with Gasteiger partial charge in [-0.3, -0.25) is 14.4 Å². The minimum Gasteiger partial charge on any atom is -0.495 e. The topological polar surface area (TPSA) is 96.5 Å². The largest absolute Gasteiger partial charge is 0.495 e. The zero-order valence-corrected chi connectivity index (χ0v) is 25.2. The van der Waals surface area contributed by atoms with E-state index in [1.54, 1.807) is 84.9 Å². The molecular formula is C31H24Cl3N3O4S. The van der Waals surface area contributed by atoms with Gasteiger partial charge in [0.2, 0.25) is 5.91 Å². The molecule has 0 spiro atoms. The Morgan fingerprint density at radius 2 is 1.57 bits per heavy atom. The third kappa shape index (κ3) is 8.77. The number of hydrogen-bond donors (Lipinski definition) is 3. The lowest BCUT2D eigenvalue weighted by molar-refractivity contribution is -0.114. The molecule has 0 atom stereocenters. The van der Waals surface area contributed by atoms with E-state index in [4.69, 9.17) is 39.5 Å². The van der Waals surface area contributed by atoms with Crippen LogP contribution in [0.3, 0.4) is 0 Å². The van der Waals surface area contributed by atoms with E-state index in [0.29, 0.717) is 43.3 Å². The number of carbonyl (C=O) groups is 3. The summed E-state index contributed by atoms with van der Waals surface area (Å²) in [4.78, 5) is 39.6. The summed E-state index contributed by atoms with van der Waals surface area (Å²) in [6.07, 6.45) is 1.47. The van der Waals surface area contributed by atoms with Crippen LogP contribution in [0.5, 0.6) is 5.75 Å². The van der Waals surface area contributed by atoms with Gasteiger partial charge < -0.3 is 20.7 Å². The number of amides is 3. The van der Waals surface area contributed by atoms with Crippen molar-refractivity contribution in [3.8, 4) is 5.75 Å². The van der Waals surface area contributed by atoms with Crippen LogP contribution in [-0.2, 0) is 9.59 Å². The van der Waals surface area contributed by atoms with Crippen molar-refractivity contribution in [1.82, 2.24) is 5.32 Å². The highest BCUT2D eigenvalue weighted by atomic mass is 35.5. The number of benzene rings is 4. The van der Waals surface area contributed by atoms with Crippen LogP contribution in [0, 0.1) is 0 Å². The first-order valence-electron chi connectivity index (χ1n) is 12.4. The number of thioether (sulfide) groups is 1. The van der Waals surface area contributed by atoms with E-state index < -0.39 is 11.8 Å². The molecule has 0 aliphatic heterocycles. The second-order valence-electron chi connectivity index (χ2n) is 8.71. The zero-order chi connectivity index (χ0) is 30.1. The van der Waals surface area contributed by atoms with Crippen molar-refractivity contribution in [2.24, 2.45) is 0 Å². The van der Waals surface area contributed by atoms with Gasteiger partial charge in [0.05, 0.1) is 18.6 Å². The van der Waals surface area contributed by atoms with Crippen LogP contribution in [0.4, 0.5) is 11.4 Å². The first-order valence-corrected chi connectivity index (χ1v) is 14.5. The van der Waals surface area contributed by atoms with Gasteiger partial charge in [0.15, 0.2) is 0 Å². The van der Waals surface area contributed by atoms with Gasteiger partial charge in [-0.25, -0.2) is 0 Å². The average molecular weight is 641 g/mol. The number of rotatable bonds is 10. The highest BCUT2D eigenvalue weighted by Gasteiger charge is 2.16. The lowest BCUT2D eigenvalue weighted by Crippen LogP contribution is -2.30. The van der Waals surface area contributed by atoms with Crippen molar-refractivity contribution in [2.75, 3.05) is 23.5 Å². The van der Waals surface area contributed by atoms with Gasteiger partial charge >= 0.3 is 0 Å². The molecule has 4 aromatic rings. The molecule has 3 amide bonds. The summed E-state index contributed by atoms with van der Waals surface area (Å²) in [5.41, 5.74) is 1.77. The minimum atomic E-state index is -0.571. The van der Waals surface area contributed by atoms with Crippen LogP contribution >= 0.6 is 46.6 Å². The lowest BCUT2D eigenvalue weighted by atomic mass is 10.1. The van der Waals surface area contributed by atoms with Crippen LogP contribution in [-0.4, -0.2) is 30.6 Å². The Labute approximate surface area is 262 Å². The fraction of sp³-hybridized carbons (Fsp3) is 0.0645. The van der Waals surface area contributed by atoms with Crippen molar-refractivity contribution in [3.05, 3.63) is 123 Å². The summed E-state index contributed by atoms with van der Waals surface area (Å²) >= 11 is 19.7. The Hall–Kier alpha value is -3.95. The van der Waals surface area contributed by atoms with E-state index in [9.17, 15) is 14.4 Å². The summed E-state index contributed by atoms with van der Waals surface area (Å²) in [7, 11) is 1.51. The third-order valence-corrected chi connectivity index (χ3v) is 7.48. The van der Waals surface area contributed by atoms with Gasteiger partial charge in [-0.2, -0.15) is 0 Å². The summed E-state index contributed by atoms with van der Waals surface area (Å²) in [6, 6.07) is 25.3. The Morgan fingerprint density at radius 3 is 2.31 bits per heavy atom. The SMILES string of the molecule is COc1ccc(Cl)cc1NC(=O)CSc1cccc(NC(=O)/C(=C\c2ccc(Cl)cc2Cl)NC(=O)c2ccccc2)c1. The van der Waals surface area contributed by atoms with Gasteiger partial charge in [0.1, 0.15) is 11.4 Å². The van der Waals surface area contributed by atoms with E-state index in [2.05, 4.69) is 16.0 Å². The second kappa shape index (κ2) is 14.8. The molecule has 7 nitrogen and oxygen atoms in total. The molecule has 0 aliphatic rings. The van der Waals surface area contributed by atoms with E-state index in [1.807, 2.05) is 6.07 Å². The molecule has 11 heteroatoms. The lowest BCUT2D eigenvalue weighted by Gasteiger charge is -2.13. The van der Waals surface area contributed by atoms with Crippen molar-refractivity contribution >= 4 is 81.7 Å². The van der Waals surface area contributed by atoms with Gasteiger partial charge in [-0.1, -0.05) is 65.1 Å². The van der Waals surface area contributed by atoms with Crippen molar-refractivity contribution in [1.29, 1.82) is 0 Å². The normalized spacial score (nSPS) is 11.0. The van der Waals surface area contributed by atoms with Crippen molar-refractivity contribution < 1.29 is 19.1 Å². The molecule has 4 rings (SSSR count). The van der Waals surface area contributed by atoms with E-state index >= 15 is 0 Å². The monoisotopic (exact) mass is 639 g/mol. The summed E-state index contributed by atoms with van der Waals surface area (Å²) in [5.74, 6) is -0.707. The molecule has 4 aromatic carbocycles. The fourth-order valence-electron chi connectivity index (χ4n) is 3.69. The molecule has 0 unspecified atom stereocenters. The smallest absolute Gasteiger partial charge is 0.272 e. The quantitative estimate of drug-likeness (QED) is 0.121. The molecular weight excluding hydrogens is 617 g/mol. The van der Waals surface area contributed by atoms with Gasteiger partial charge in [0.25, 0.3) is 11.8 Å². The van der Waals surface area contributed by atoms with E-state index in [0.717, 1.165) is 4.90 Å². The van der Waals surface area contributed by atoms with Gasteiger partial charge in [0, 0.05) is 31.2 Å². The Bertz CT molecular complexity index is 1650. The maximum Gasteiger partial charge on any atom is 0.272 e. The van der Waals surface area contributed by atoms with E-state index in [-0.39, 0.29) is 17.4 Å². The van der Waals surface area contributed by atoms with Crippen LogP contribution < -0.4 is 20.7 Å². The number of ether oxygens (including phenoxy) is 1. The van der Waals surface area contributed by atoms with Crippen LogP contribution in [0.15, 0.2) is 102 Å². The molecule has 3 N–H and O–H groups in total. The number of halogens is 3. The molecule has 0 saturated heterocycles. The molecule has 0 bridgehead atoms. The highest BCUT2D eigenvalue weighted by Crippen LogP contribution is 2.29. The van der Waals surface area contributed by atoms with Gasteiger partial charge in [-0.05, 0) is 72.3 Å². The summed E-state index contributed by atoms with van der Waals surface area (Å²) in [5, 5.41) is 9.49. The number of hydrogen-bond acceptors (Lipinski definition) is 5. The second-order valence-corrected chi connectivity index (χ2v) is 11.0. The molecule has 0 aromatic heterocycles. The Morgan fingerprint density at radius 1 is 0.833 bits per heavy atom. The number of anilines is 2. The van der Waals surface area contributed by atoms with Crippen LogP contribution in [0.25, 0.3) is 6.08 Å². The van der Waals surface area contributed by atoms with Crippen LogP contribution in [0.1, 0.15) is 15.9 Å². The maximum absolute atomic E-state index is 13.4. The van der Waals surface area contributed by atoms with Crippen molar-refractivity contribution in [2.45, 2.75) is 4.90 Å². The third-order valence-electron chi connectivity index (χ3n) is 5.69. The average Bonchev–Trinajstić information content (AvgIpc) is 2.97. The molecule has 0 fully saturated rings. The van der Waals surface area contributed by atoms with Crippen LogP contribution in [0.2, 0.25) is 15.1 Å². The number of carbonyl (C=O) groups excluding carboxylic acids is 3. The fourth-order valence-corrected chi connectivity index (χ4v) is 5.08. The van der Waals surface area contributed by atoms with Gasteiger partial charge in [-0.15, -0.1) is 11.8 Å². The number of methoxy groups -OCH3 is 1. The predicted molar refractivity (Wildman–Crippen MR) is 171 cm³/mol.